The molecule has 0 saturated heterocycles. The van der Waals surface area contributed by atoms with Gasteiger partial charge >= 0.3 is 0 Å². The molecule has 1 aromatic rings. The Morgan fingerprint density at radius 1 is 1.25 bits per heavy atom. The van der Waals surface area contributed by atoms with Crippen molar-refractivity contribution in [2.45, 2.75) is 0 Å². The first-order valence-corrected chi connectivity index (χ1v) is 6.10. The maximum atomic E-state index is 11.0. The normalized spacial score (nSPS) is 10.3. The lowest BCUT2D eigenvalue weighted by atomic mass is 10.1. The molecule has 0 aliphatic heterocycles. The molecule has 0 heterocycles. The van der Waals surface area contributed by atoms with Crippen LogP contribution in [0.4, 0.5) is 11.4 Å². The van der Waals surface area contributed by atoms with Crippen molar-refractivity contribution in [1.29, 1.82) is 0 Å². The first kappa shape index (κ1) is 16.1. The number of carbonyl (C=O) groups excluding carboxylic acids is 1. The van der Waals surface area contributed by atoms with Crippen molar-refractivity contribution in [2.24, 2.45) is 0 Å². The lowest BCUT2D eigenvalue weighted by Crippen LogP contribution is -2.30. The number of nitrogens with zero attached hydrogens (tertiary/aromatic N) is 2. The number of benzene rings is 1. The zero-order valence-electron chi connectivity index (χ0n) is 11.6. The zero-order chi connectivity index (χ0) is 15.0. The largest absolute Gasteiger partial charge is 0.383 e. The van der Waals surface area contributed by atoms with Crippen LogP contribution in [0.5, 0.6) is 0 Å². The molecule has 20 heavy (non-hydrogen) atoms. The predicted octanol–water partition coefficient (Wildman–Crippen LogP) is 1.51. The van der Waals surface area contributed by atoms with E-state index in [1.807, 2.05) is 4.90 Å². The molecular weight excluding hydrogens is 264 g/mol. The van der Waals surface area contributed by atoms with Crippen molar-refractivity contribution >= 4 is 17.7 Å². The van der Waals surface area contributed by atoms with Crippen LogP contribution in [0.25, 0.3) is 0 Å². The third kappa shape index (κ3) is 4.29. The fraction of sp³-hybridized carbons (Fsp3) is 0.462. The van der Waals surface area contributed by atoms with Gasteiger partial charge in [0.25, 0.3) is 5.69 Å². The van der Waals surface area contributed by atoms with Gasteiger partial charge in [0, 0.05) is 39.1 Å². The van der Waals surface area contributed by atoms with Crippen LogP contribution in [-0.2, 0) is 9.47 Å². The summed E-state index contributed by atoms with van der Waals surface area (Å²) in [7, 11) is 3.20. The quantitative estimate of drug-likeness (QED) is 0.388. The molecule has 0 aliphatic rings. The monoisotopic (exact) mass is 282 g/mol. The minimum Gasteiger partial charge on any atom is -0.383 e. The third-order valence-corrected chi connectivity index (χ3v) is 2.83. The number of nitro benzene ring substituents is 1. The number of anilines is 1. The number of aldehydes is 1. The molecule has 0 radical (unpaired) electrons. The number of methoxy groups -OCH3 is 2. The minimum absolute atomic E-state index is 0.0623. The summed E-state index contributed by atoms with van der Waals surface area (Å²) < 4.78 is 10.1. The topological polar surface area (TPSA) is 81.9 Å². The van der Waals surface area contributed by atoms with E-state index in [1.165, 1.54) is 12.1 Å². The van der Waals surface area contributed by atoms with Gasteiger partial charge in [-0.1, -0.05) is 0 Å². The van der Waals surface area contributed by atoms with Crippen molar-refractivity contribution in [3.63, 3.8) is 0 Å². The number of hydrogen-bond acceptors (Lipinski definition) is 6. The van der Waals surface area contributed by atoms with Crippen LogP contribution in [0.1, 0.15) is 10.4 Å². The van der Waals surface area contributed by atoms with Gasteiger partial charge in [0.05, 0.1) is 23.7 Å². The highest BCUT2D eigenvalue weighted by Crippen LogP contribution is 2.23. The number of hydrogen-bond donors (Lipinski definition) is 0. The highest BCUT2D eigenvalue weighted by Gasteiger charge is 2.16. The average molecular weight is 282 g/mol. The lowest BCUT2D eigenvalue weighted by molar-refractivity contribution is -0.385. The van der Waals surface area contributed by atoms with E-state index in [2.05, 4.69) is 0 Å². The molecule has 1 aromatic carbocycles. The van der Waals surface area contributed by atoms with Crippen LogP contribution >= 0.6 is 0 Å². The van der Waals surface area contributed by atoms with Gasteiger partial charge in [0.15, 0.2) is 6.29 Å². The summed E-state index contributed by atoms with van der Waals surface area (Å²) >= 11 is 0. The van der Waals surface area contributed by atoms with Gasteiger partial charge in [-0.15, -0.1) is 0 Å². The highest BCUT2D eigenvalue weighted by molar-refractivity contribution is 5.83. The molecule has 0 saturated carbocycles. The van der Waals surface area contributed by atoms with Gasteiger partial charge in [0.1, 0.15) is 0 Å². The standard InChI is InChI=1S/C13H18N2O5/c1-19-7-5-14(6-8-20-2)12-3-4-13(15(17)18)11(9-12)10-16/h3-4,9-10H,5-8H2,1-2H3. The molecule has 0 fully saturated rings. The summed E-state index contributed by atoms with van der Waals surface area (Å²) in [6.45, 7) is 2.24. The Morgan fingerprint density at radius 2 is 1.85 bits per heavy atom. The van der Waals surface area contributed by atoms with E-state index in [0.29, 0.717) is 32.6 Å². The van der Waals surface area contributed by atoms with Crippen molar-refractivity contribution < 1.29 is 19.2 Å². The van der Waals surface area contributed by atoms with Crippen molar-refractivity contribution in [1.82, 2.24) is 0 Å². The first-order valence-electron chi connectivity index (χ1n) is 6.10. The Balaban J connectivity index is 3.00. The highest BCUT2D eigenvalue weighted by atomic mass is 16.6. The molecule has 1 rings (SSSR count). The third-order valence-electron chi connectivity index (χ3n) is 2.83. The summed E-state index contributed by atoms with van der Waals surface area (Å²) in [6.07, 6.45) is 0.493. The summed E-state index contributed by atoms with van der Waals surface area (Å²) in [5.41, 5.74) is 0.598. The van der Waals surface area contributed by atoms with E-state index < -0.39 is 4.92 Å². The predicted molar refractivity (Wildman–Crippen MR) is 74.4 cm³/mol. The Kier molecular flexibility index (Phi) is 6.61. The second-order valence-electron chi connectivity index (χ2n) is 4.09. The van der Waals surface area contributed by atoms with Gasteiger partial charge in [-0.25, -0.2) is 0 Å². The van der Waals surface area contributed by atoms with E-state index in [1.54, 1.807) is 20.3 Å². The van der Waals surface area contributed by atoms with Crippen molar-refractivity contribution in [3.8, 4) is 0 Å². The van der Waals surface area contributed by atoms with E-state index in [-0.39, 0.29) is 11.3 Å². The van der Waals surface area contributed by atoms with Crippen LogP contribution < -0.4 is 4.90 Å². The van der Waals surface area contributed by atoms with E-state index >= 15 is 0 Å². The molecule has 0 bridgehead atoms. The van der Waals surface area contributed by atoms with E-state index in [4.69, 9.17) is 9.47 Å². The molecule has 0 atom stereocenters. The maximum Gasteiger partial charge on any atom is 0.280 e. The fourth-order valence-corrected chi connectivity index (χ4v) is 1.77. The molecule has 0 aromatic heterocycles. The summed E-state index contributed by atoms with van der Waals surface area (Å²) in [4.78, 5) is 23.1. The molecule has 7 heteroatoms. The van der Waals surface area contributed by atoms with Crippen LogP contribution in [0.2, 0.25) is 0 Å². The Bertz CT molecular complexity index is 456. The maximum absolute atomic E-state index is 11.0. The SMILES string of the molecule is COCCN(CCOC)c1ccc([N+](=O)[O-])c(C=O)c1. The van der Waals surface area contributed by atoms with E-state index in [9.17, 15) is 14.9 Å². The summed E-state index contributed by atoms with van der Waals surface area (Å²) in [5, 5.41) is 10.8. The minimum atomic E-state index is -0.567. The van der Waals surface area contributed by atoms with Gasteiger partial charge in [-0.05, 0) is 12.1 Å². The van der Waals surface area contributed by atoms with Gasteiger partial charge < -0.3 is 14.4 Å². The second kappa shape index (κ2) is 8.23. The Morgan fingerprint density at radius 3 is 2.30 bits per heavy atom. The average Bonchev–Trinajstić information content (AvgIpc) is 2.46. The number of ether oxygens (including phenoxy) is 2. The molecule has 0 N–H and O–H groups in total. The molecule has 0 aliphatic carbocycles. The second-order valence-corrected chi connectivity index (χ2v) is 4.09. The zero-order valence-corrected chi connectivity index (χ0v) is 11.6. The molecule has 0 spiro atoms. The lowest BCUT2D eigenvalue weighted by Gasteiger charge is -2.24. The van der Waals surface area contributed by atoms with Crippen LogP contribution in [0.3, 0.4) is 0 Å². The van der Waals surface area contributed by atoms with Gasteiger partial charge in [-0.2, -0.15) is 0 Å². The smallest absolute Gasteiger partial charge is 0.280 e. The van der Waals surface area contributed by atoms with Crippen molar-refractivity contribution in [3.05, 3.63) is 33.9 Å². The molecule has 110 valence electrons. The molecule has 7 nitrogen and oxygen atoms in total. The molecule has 0 amide bonds. The van der Waals surface area contributed by atoms with Crippen LogP contribution in [-0.4, -0.2) is 51.7 Å². The van der Waals surface area contributed by atoms with Gasteiger partial charge in [0.2, 0.25) is 0 Å². The summed E-state index contributed by atoms with van der Waals surface area (Å²) in [5.74, 6) is 0. The number of carbonyl (C=O) groups is 1. The van der Waals surface area contributed by atoms with Crippen LogP contribution in [0.15, 0.2) is 18.2 Å². The number of rotatable bonds is 9. The molecule has 0 unspecified atom stereocenters. The summed E-state index contributed by atoms with van der Waals surface area (Å²) in [6, 6.07) is 4.47. The first-order chi connectivity index (χ1) is 9.63. The van der Waals surface area contributed by atoms with Crippen molar-refractivity contribution in [2.75, 3.05) is 45.4 Å². The Hall–Kier alpha value is -1.99. The van der Waals surface area contributed by atoms with Crippen LogP contribution in [0, 0.1) is 10.1 Å². The van der Waals surface area contributed by atoms with E-state index in [0.717, 1.165) is 5.69 Å². The van der Waals surface area contributed by atoms with Gasteiger partial charge in [-0.3, -0.25) is 14.9 Å². The number of nitro groups is 1. The Labute approximate surface area is 117 Å². The molecular formula is C13H18N2O5. The fourth-order valence-electron chi connectivity index (χ4n) is 1.77.